The maximum absolute atomic E-state index is 15.2. The highest BCUT2D eigenvalue weighted by atomic mass is 19.1. The van der Waals surface area contributed by atoms with E-state index in [4.69, 9.17) is 9.72 Å². The Kier molecular flexibility index (Phi) is 5.29. The molecule has 0 radical (unpaired) electrons. The van der Waals surface area contributed by atoms with E-state index >= 15 is 4.39 Å². The Morgan fingerprint density at radius 3 is 2.73 bits per heavy atom. The number of aryl methyl sites for hydroxylation is 2. The first-order valence-electron chi connectivity index (χ1n) is 10.7. The van der Waals surface area contributed by atoms with Crippen molar-refractivity contribution >= 4 is 17.4 Å². The van der Waals surface area contributed by atoms with Crippen LogP contribution in [0, 0.1) is 12.7 Å². The van der Waals surface area contributed by atoms with Crippen LogP contribution < -0.4 is 10.6 Å². The second-order valence-electron chi connectivity index (χ2n) is 8.17. The molecule has 0 aliphatic carbocycles. The van der Waals surface area contributed by atoms with E-state index in [2.05, 4.69) is 20.8 Å². The van der Waals surface area contributed by atoms with E-state index < -0.39 is 5.82 Å². The van der Waals surface area contributed by atoms with Gasteiger partial charge in [0.25, 0.3) is 5.91 Å². The van der Waals surface area contributed by atoms with E-state index in [9.17, 15) is 4.79 Å². The van der Waals surface area contributed by atoms with Crippen LogP contribution in [-0.4, -0.2) is 56.6 Å². The van der Waals surface area contributed by atoms with Crippen molar-refractivity contribution < 1.29 is 13.9 Å². The van der Waals surface area contributed by atoms with Gasteiger partial charge in [-0.15, -0.1) is 0 Å². The van der Waals surface area contributed by atoms with Crippen molar-refractivity contribution in [1.82, 2.24) is 29.7 Å². The van der Waals surface area contributed by atoms with Gasteiger partial charge < -0.3 is 15.4 Å². The summed E-state index contributed by atoms with van der Waals surface area (Å²) in [5, 5.41) is 14.8. The molecule has 5 rings (SSSR count). The van der Waals surface area contributed by atoms with Gasteiger partial charge in [0.05, 0.1) is 25.0 Å². The van der Waals surface area contributed by atoms with Gasteiger partial charge in [0.15, 0.2) is 5.65 Å². The number of carbonyl (C=O) groups excluding carboxylic acids is 1. The second kappa shape index (κ2) is 8.28. The van der Waals surface area contributed by atoms with E-state index in [0.717, 1.165) is 17.5 Å². The van der Waals surface area contributed by atoms with Crippen molar-refractivity contribution in [3.63, 3.8) is 0 Å². The number of hydrogen-bond donors (Lipinski definition) is 2. The minimum Gasteiger partial charge on any atom is -0.379 e. The molecule has 0 bridgehead atoms. The molecule has 1 unspecified atom stereocenters. The van der Waals surface area contributed by atoms with E-state index in [1.54, 1.807) is 35.6 Å². The molecule has 170 valence electrons. The maximum atomic E-state index is 15.2. The molecule has 9 nitrogen and oxygen atoms in total. The van der Waals surface area contributed by atoms with Crippen LogP contribution in [0.4, 0.5) is 10.2 Å². The van der Waals surface area contributed by atoms with Crippen molar-refractivity contribution in [3.8, 4) is 22.3 Å². The molecule has 1 atom stereocenters. The molecule has 1 fully saturated rings. The van der Waals surface area contributed by atoms with Crippen molar-refractivity contribution in [3.05, 3.63) is 53.9 Å². The monoisotopic (exact) mass is 449 g/mol. The number of aromatic nitrogens is 5. The minimum absolute atomic E-state index is 0.123. The van der Waals surface area contributed by atoms with E-state index in [1.165, 1.54) is 12.1 Å². The lowest BCUT2D eigenvalue weighted by atomic mass is 10.0. The van der Waals surface area contributed by atoms with Crippen molar-refractivity contribution in [2.75, 3.05) is 25.6 Å². The molecule has 0 spiro atoms. The fraction of sp³-hybridized carbons (Fsp3) is 0.304. The number of nitrogens with zero attached hydrogens (tertiary/aromatic N) is 5. The number of rotatable bonds is 5. The summed E-state index contributed by atoms with van der Waals surface area (Å²) in [7, 11) is 3.40. The van der Waals surface area contributed by atoms with Crippen molar-refractivity contribution in [2.45, 2.75) is 19.4 Å². The first-order chi connectivity index (χ1) is 15.9. The highest BCUT2D eigenvalue weighted by Crippen LogP contribution is 2.33. The Balaban J connectivity index is 1.68. The van der Waals surface area contributed by atoms with Crippen molar-refractivity contribution in [1.29, 1.82) is 0 Å². The molecule has 33 heavy (non-hydrogen) atoms. The Labute approximate surface area is 189 Å². The number of carbonyl (C=O) groups is 1. The van der Waals surface area contributed by atoms with Crippen LogP contribution in [0.1, 0.15) is 22.3 Å². The number of benzene rings is 1. The molecule has 0 saturated carbocycles. The van der Waals surface area contributed by atoms with Crippen LogP contribution in [0.3, 0.4) is 0 Å². The Bertz CT molecular complexity index is 1350. The fourth-order valence-corrected chi connectivity index (χ4v) is 4.07. The van der Waals surface area contributed by atoms with Gasteiger partial charge in [-0.2, -0.15) is 10.2 Å². The average molecular weight is 449 g/mol. The lowest BCUT2D eigenvalue weighted by Gasteiger charge is -2.15. The molecule has 4 heterocycles. The number of hydrogen-bond acceptors (Lipinski definition) is 6. The average Bonchev–Trinajstić information content (AvgIpc) is 3.56. The number of fused-ring (bicyclic) bond motifs is 1. The summed E-state index contributed by atoms with van der Waals surface area (Å²) < 4.78 is 24.0. The third kappa shape index (κ3) is 3.82. The van der Waals surface area contributed by atoms with E-state index in [-0.39, 0.29) is 17.5 Å². The molecule has 2 N–H and O–H groups in total. The van der Waals surface area contributed by atoms with Gasteiger partial charge in [-0.05, 0) is 31.0 Å². The molecule has 1 aliphatic heterocycles. The maximum Gasteiger partial charge on any atom is 0.251 e. The number of anilines is 1. The first kappa shape index (κ1) is 21.1. The Hall–Kier alpha value is -3.79. The molecule has 10 heteroatoms. The molecule has 3 aromatic heterocycles. The lowest BCUT2D eigenvalue weighted by Crippen LogP contribution is -2.20. The zero-order valence-electron chi connectivity index (χ0n) is 18.6. The highest BCUT2D eigenvalue weighted by Gasteiger charge is 2.22. The summed E-state index contributed by atoms with van der Waals surface area (Å²) in [6.07, 6.45) is 7.96. The predicted octanol–water partition coefficient (Wildman–Crippen LogP) is 2.80. The van der Waals surface area contributed by atoms with E-state index in [0.29, 0.717) is 41.4 Å². The molecule has 1 aromatic carbocycles. The minimum atomic E-state index is -0.408. The van der Waals surface area contributed by atoms with Crippen LogP contribution in [-0.2, 0) is 11.8 Å². The quantitative estimate of drug-likeness (QED) is 0.486. The summed E-state index contributed by atoms with van der Waals surface area (Å²) in [6, 6.07) is 3.19. The summed E-state index contributed by atoms with van der Waals surface area (Å²) >= 11 is 0. The zero-order chi connectivity index (χ0) is 23.1. The summed E-state index contributed by atoms with van der Waals surface area (Å²) in [6.45, 7) is 2.92. The first-order valence-corrected chi connectivity index (χ1v) is 10.7. The SMILES string of the molecule is CNC(=O)c1cc(C)c(F)c(-c2cnn3cc(-c4cnn(C)c4)c(NC4CCOC4)nc23)c1. The number of nitrogens with one attached hydrogen (secondary N) is 2. The van der Waals surface area contributed by atoms with Gasteiger partial charge >= 0.3 is 0 Å². The third-order valence-electron chi connectivity index (χ3n) is 5.81. The van der Waals surface area contributed by atoms with Crippen LogP contribution in [0.25, 0.3) is 27.9 Å². The molecule has 1 saturated heterocycles. The Morgan fingerprint density at radius 1 is 1.18 bits per heavy atom. The molecule has 1 amide bonds. The predicted molar refractivity (Wildman–Crippen MR) is 122 cm³/mol. The second-order valence-corrected chi connectivity index (χ2v) is 8.17. The summed E-state index contributed by atoms with van der Waals surface area (Å²) in [5.74, 6) is -0.0482. The third-order valence-corrected chi connectivity index (χ3v) is 5.81. The van der Waals surface area contributed by atoms with Crippen LogP contribution >= 0.6 is 0 Å². The molecular formula is C23H24FN7O2. The van der Waals surface area contributed by atoms with Crippen LogP contribution in [0.15, 0.2) is 36.9 Å². The topological polar surface area (TPSA) is 98.4 Å². The molecular weight excluding hydrogens is 425 g/mol. The smallest absolute Gasteiger partial charge is 0.251 e. The van der Waals surface area contributed by atoms with Gasteiger partial charge in [-0.1, -0.05) is 0 Å². The number of amides is 1. The largest absolute Gasteiger partial charge is 0.379 e. The van der Waals surface area contributed by atoms with Gasteiger partial charge in [0.1, 0.15) is 11.6 Å². The van der Waals surface area contributed by atoms with Gasteiger partial charge in [-0.3, -0.25) is 9.48 Å². The fourth-order valence-electron chi connectivity index (χ4n) is 4.07. The zero-order valence-corrected chi connectivity index (χ0v) is 18.6. The molecule has 1 aliphatic rings. The summed E-state index contributed by atoms with van der Waals surface area (Å²) in [4.78, 5) is 17.1. The Morgan fingerprint density at radius 2 is 2.03 bits per heavy atom. The van der Waals surface area contributed by atoms with Crippen LogP contribution in [0.5, 0.6) is 0 Å². The number of ether oxygens (including phenoxy) is 1. The van der Waals surface area contributed by atoms with Gasteiger partial charge in [0, 0.05) is 60.9 Å². The van der Waals surface area contributed by atoms with Gasteiger partial charge in [0.2, 0.25) is 0 Å². The lowest BCUT2D eigenvalue weighted by molar-refractivity contribution is 0.0963. The summed E-state index contributed by atoms with van der Waals surface area (Å²) in [5.41, 5.74) is 3.72. The van der Waals surface area contributed by atoms with Gasteiger partial charge in [-0.25, -0.2) is 13.9 Å². The molecule has 4 aromatic rings. The van der Waals surface area contributed by atoms with Crippen LogP contribution in [0.2, 0.25) is 0 Å². The normalized spacial score (nSPS) is 15.8. The van der Waals surface area contributed by atoms with E-state index in [1.807, 2.05) is 19.4 Å². The highest BCUT2D eigenvalue weighted by molar-refractivity contribution is 5.96. The van der Waals surface area contributed by atoms with Crippen molar-refractivity contribution in [2.24, 2.45) is 7.05 Å². The number of halogens is 1. The standard InChI is InChI=1S/C23H24FN7O2/c1-13-6-14(23(32)25-2)7-17(20(13)24)18-9-27-31-11-19(15-8-26-30(3)10-15)21(29-22(18)31)28-16-4-5-33-12-16/h6-11,16H,4-5,12H2,1-3H3,(H,25,32)(H,28,29).